The van der Waals surface area contributed by atoms with Crippen LogP contribution >= 0.6 is 11.3 Å². The van der Waals surface area contributed by atoms with Gasteiger partial charge in [0.15, 0.2) is 0 Å². The minimum atomic E-state index is -0.577. The number of hydrogen-bond donors (Lipinski definition) is 1. The Kier molecular flexibility index (Phi) is 2.86. The van der Waals surface area contributed by atoms with Gasteiger partial charge in [0.05, 0.1) is 0 Å². The normalized spacial score (nSPS) is 10.3. The van der Waals surface area contributed by atoms with E-state index >= 15 is 0 Å². The molecule has 0 fully saturated rings. The molecule has 15 heavy (non-hydrogen) atoms. The standard InChI is InChI=1S/C9H7F2N3S/c10-7-2-1-6(8(11)3-7)4-12-9-14-13-5-15-9/h1-3,5H,4H2,(H,12,14). The molecule has 1 aromatic heterocycles. The summed E-state index contributed by atoms with van der Waals surface area (Å²) in [5.41, 5.74) is 1.97. The minimum absolute atomic E-state index is 0.265. The molecule has 2 aromatic rings. The molecule has 0 atom stereocenters. The van der Waals surface area contributed by atoms with Gasteiger partial charge in [-0.05, 0) is 6.07 Å². The summed E-state index contributed by atoms with van der Waals surface area (Å²) in [5, 5.41) is 10.9. The molecule has 0 aliphatic rings. The molecule has 3 nitrogen and oxygen atoms in total. The van der Waals surface area contributed by atoms with Crippen LogP contribution in [0.15, 0.2) is 23.7 Å². The first-order valence-corrected chi connectivity index (χ1v) is 5.07. The lowest BCUT2D eigenvalue weighted by Crippen LogP contribution is -2.01. The number of anilines is 1. The summed E-state index contributed by atoms with van der Waals surface area (Å²) in [6.07, 6.45) is 0. The van der Waals surface area contributed by atoms with Gasteiger partial charge in [0.25, 0.3) is 0 Å². The maximum absolute atomic E-state index is 13.2. The number of nitrogens with one attached hydrogen (secondary N) is 1. The third-order valence-corrected chi connectivity index (χ3v) is 2.45. The number of nitrogens with zero attached hydrogens (tertiary/aromatic N) is 2. The molecule has 6 heteroatoms. The zero-order valence-electron chi connectivity index (χ0n) is 7.58. The van der Waals surface area contributed by atoms with E-state index in [0.29, 0.717) is 10.7 Å². The lowest BCUT2D eigenvalue weighted by atomic mass is 10.2. The third-order valence-electron chi connectivity index (χ3n) is 1.81. The van der Waals surface area contributed by atoms with Gasteiger partial charge >= 0.3 is 0 Å². The van der Waals surface area contributed by atoms with Crippen molar-refractivity contribution in [3.05, 3.63) is 40.9 Å². The molecule has 1 heterocycles. The largest absolute Gasteiger partial charge is 0.356 e. The van der Waals surface area contributed by atoms with Crippen molar-refractivity contribution >= 4 is 16.5 Å². The fourth-order valence-corrected chi connectivity index (χ4v) is 1.53. The van der Waals surface area contributed by atoms with Crippen molar-refractivity contribution in [1.29, 1.82) is 0 Å². The average Bonchev–Trinajstić information content (AvgIpc) is 2.69. The van der Waals surface area contributed by atoms with Gasteiger partial charge in [0, 0.05) is 18.2 Å². The van der Waals surface area contributed by atoms with Gasteiger partial charge in [0.2, 0.25) is 5.13 Å². The smallest absolute Gasteiger partial charge is 0.205 e. The average molecular weight is 227 g/mol. The van der Waals surface area contributed by atoms with E-state index in [1.165, 1.54) is 23.5 Å². The minimum Gasteiger partial charge on any atom is -0.356 e. The van der Waals surface area contributed by atoms with Crippen LogP contribution in [0.3, 0.4) is 0 Å². The van der Waals surface area contributed by atoms with Crippen molar-refractivity contribution in [3.8, 4) is 0 Å². The highest BCUT2D eigenvalue weighted by Crippen LogP contribution is 2.13. The van der Waals surface area contributed by atoms with E-state index in [1.807, 2.05) is 0 Å². The Balaban J connectivity index is 2.05. The summed E-state index contributed by atoms with van der Waals surface area (Å²) < 4.78 is 25.7. The number of rotatable bonds is 3. The van der Waals surface area contributed by atoms with Crippen LogP contribution < -0.4 is 5.32 Å². The van der Waals surface area contributed by atoms with E-state index in [9.17, 15) is 8.78 Å². The molecule has 0 aliphatic carbocycles. The molecule has 0 radical (unpaired) electrons. The Morgan fingerprint density at radius 3 is 2.87 bits per heavy atom. The van der Waals surface area contributed by atoms with E-state index in [2.05, 4.69) is 15.5 Å². The second-order valence-corrected chi connectivity index (χ2v) is 3.67. The highest BCUT2D eigenvalue weighted by atomic mass is 32.1. The summed E-state index contributed by atoms with van der Waals surface area (Å²) in [6.45, 7) is 0.265. The highest BCUT2D eigenvalue weighted by Gasteiger charge is 2.04. The molecule has 0 spiro atoms. The van der Waals surface area contributed by atoms with Gasteiger partial charge in [0.1, 0.15) is 17.1 Å². The highest BCUT2D eigenvalue weighted by molar-refractivity contribution is 7.13. The van der Waals surface area contributed by atoms with E-state index < -0.39 is 11.6 Å². The molecule has 0 saturated heterocycles. The topological polar surface area (TPSA) is 37.8 Å². The number of halogens is 2. The van der Waals surface area contributed by atoms with Crippen molar-refractivity contribution in [3.63, 3.8) is 0 Å². The summed E-state index contributed by atoms with van der Waals surface area (Å²) in [5.74, 6) is -1.14. The Labute approximate surface area is 88.8 Å². The molecular weight excluding hydrogens is 220 g/mol. The number of hydrogen-bond acceptors (Lipinski definition) is 4. The van der Waals surface area contributed by atoms with Crippen LogP contribution in [0.1, 0.15) is 5.56 Å². The van der Waals surface area contributed by atoms with Crippen molar-refractivity contribution in [2.45, 2.75) is 6.54 Å². The molecule has 78 valence electrons. The Morgan fingerprint density at radius 2 is 2.20 bits per heavy atom. The van der Waals surface area contributed by atoms with Gasteiger partial charge in [-0.15, -0.1) is 10.2 Å². The number of benzene rings is 1. The van der Waals surface area contributed by atoms with Crippen molar-refractivity contribution < 1.29 is 8.78 Å². The van der Waals surface area contributed by atoms with Gasteiger partial charge in [-0.3, -0.25) is 0 Å². The van der Waals surface area contributed by atoms with Crippen molar-refractivity contribution in [2.75, 3.05) is 5.32 Å². The summed E-state index contributed by atoms with van der Waals surface area (Å²) in [7, 11) is 0. The molecule has 0 amide bonds. The summed E-state index contributed by atoms with van der Waals surface area (Å²) >= 11 is 1.32. The maximum Gasteiger partial charge on any atom is 0.205 e. The van der Waals surface area contributed by atoms with Crippen molar-refractivity contribution in [1.82, 2.24) is 10.2 Å². The fourth-order valence-electron chi connectivity index (χ4n) is 1.09. The van der Waals surface area contributed by atoms with Crippen LogP contribution in [-0.2, 0) is 6.54 Å². The Bertz CT molecular complexity index is 445. The van der Waals surface area contributed by atoms with Crippen LogP contribution in [0, 0.1) is 11.6 Å². The van der Waals surface area contributed by atoms with Crippen LogP contribution in [0.2, 0.25) is 0 Å². The molecule has 0 saturated carbocycles. The third kappa shape index (κ3) is 2.47. The van der Waals surface area contributed by atoms with Crippen LogP contribution in [0.25, 0.3) is 0 Å². The zero-order chi connectivity index (χ0) is 10.7. The SMILES string of the molecule is Fc1ccc(CNc2nncs2)c(F)c1. The molecule has 2 rings (SSSR count). The zero-order valence-corrected chi connectivity index (χ0v) is 8.39. The first-order chi connectivity index (χ1) is 7.25. The van der Waals surface area contributed by atoms with E-state index in [1.54, 1.807) is 5.51 Å². The monoisotopic (exact) mass is 227 g/mol. The van der Waals surface area contributed by atoms with Crippen molar-refractivity contribution in [2.24, 2.45) is 0 Å². The Hall–Kier alpha value is -1.56. The molecule has 1 aromatic carbocycles. The van der Waals surface area contributed by atoms with Crippen LogP contribution in [0.4, 0.5) is 13.9 Å². The fraction of sp³-hybridized carbons (Fsp3) is 0.111. The molecular formula is C9H7F2N3S. The van der Waals surface area contributed by atoms with E-state index in [-0.39, 0.29) is 6.54 Å². The predicted octanol–water partition coefficient (Wildman–Crippen LogP) is 2.43. The maximum atomic E-state index is 13.2. The van der Waals surface area contributed by atoms with E-state index in [0.717, 1.165) is 6.07 Å². The first-order valence-electron chi connectivity index (χ1n) is 4.19. The lowest BCUT2D eigenvalue weighted by Gasteiger charge is -2.03. The second-order valence-electron chi connectivity index (χ2n) is 2.83. The lowest BCUT2D eigenvalue weighted by molar-refractivity contribution is 0.574. The van der Waals surface area contributed by atoms with E-state index in [4.69, 9.17) is 0 Å². The summed E-state index contributed by atoms with van der Waals surface area (Å²) in [4.78, 5) is 0. The van der Waals surface area contributed by atoms with Gasteiger partial charge in [-0.25, -0.2) is 8.78 Å². The molecule has 1 N–H and O–H groups in total. The van der Waals surface area contributed by atoms with Gasteiger partial charge < -0.3 is 5.32 Å². The number of aromatic nitrogens is 2. The van der Waals surface area contributed by atoms with Crippen LogP contribution in [-0.4, -0.2) is 10.2 Å². The Morgan fingerprint density at radius 1 is 1.33 bits per heavy atom. The second kappa shape index (κ2) is 4.31. The molecule has 0 unspecified atom stereocenters. The van der Waals surface area contributed by atoms with Crippen LogP contribution in [0.5, 0.6) is 0 Å². The molecule has 0 bridgehead atoms. The van der Waals surface area contributed by atoms with Gasteiger partial charge in [-0.2, -0.15) is 0 Å². The first kappa shape index (κ1) is 9.97. The predicted molar refractivity (Wildman–Crippen MR) is 53.6 cm³/mol. The molecule has 0 aliphatic heterocycles. The summed E-state index contributed by atoms with van der Waals surface area (Å²) in [6, 6.07) is 3.48. The van der Waals surface area contributed by atoms with Gasteiger partial charge in [-0.1, -0.05) is 17.4 Å². The quantitative estimate of drug-likeness (QED) is 0.875.